The predicted octanol–water partition coefficient (Wildman–Crippen LogP) is 2.88. The summed E-state index contributed by atoms with van der Waals surface area (Å²) in [5.41, 5.74) is 8.59. The Balaban J connectivity index is 1.94. The van der Waals surface area contributed by atoms with Crippen molar-refractivity contribution in [2.45, 2.75) is 0 Å². The van der Waals surface area contributed by atoms with Crippen molar-refractivity contribution >= 4 is 27.8 Å². The summed E-state index contributed by atoms with van der Waals surface area (Å²) < 4.78 is 0.641. The fourth-order valence-corrected chi connectivity index (χ4v) is 2.65. The number of nitrogens with one attached hydrogen (secondary N) is 1. The van der Waals surface area contributed by atoms with Gasteiger partial charge in [-0.1, -0.05) is 47.6 Å². The van der Waals surface area contributed by atoms with Gasteiger partial charge in [-0.3, -0.25) is 0 Å². The molecule has 0 amide bonds. The first-order chi connectivity index (χ1) is 10.7. The fourth-order valence-electron chi connectivity index (χ4n) is 2.65. The molecular formula is C17H13N4O+. The maximum Gasteiger partial charge on any atom is 0.318 e. The van der Waals surface area contributed by atoms with Gasteiger partial charge in [-0.05, 0) is 34.0 Å². The molecule has 4 rings (SSSR count). The van der Waals surface area contributed by atoms with Crippen LogP contribution in [0, 0.1) is 4.91 Å². The zero-order valence-electron chi connectivity index (χ0n) is 11.7. The molecule has 5 nitrogen and oxygen atoms in total. The van der Waals surface area contributed by atoms with E-state index in [0.29, 0.717) is 15.6 Å². The third-order valence-electron chi connectivity index (χ3n) is 3.73. The number of hydrogen-bond donors (Lipinski definition) is 2. The first-order valence-corrected chi connectivity index (χ1v) is 6.92. The van der Waals surface area contributed by atoms with E-state index in [4.69, 9.17) is 5.73 Å². The number of H-pyrrole nitrogens is 1. The maximum atomic E-state index is 11.9. The summed E-state index contributed by atoms with van der Waals surface area (Å²) in [5.74, 6) is 0.0981. The zero-order valence-corrected chi connectivity index (χ0v) is 11.7. The van der Waals surface area contributed by atoms with Gasteiger partial charge in [-0.15, -0.1) is 0 Å². The molecule has 3 N–H and O–H groups in total. The summed E-state index contributed by atoms with van der Waals surface area (Å²) in [6, 6.07) is 20.0. The van der Waals surface area contributed by atoms with Gasteiger partial charge >= 0.3 is 5.52 Å². The fraction of sp³-hybridized carbons (Fsp3) is 0. The number of fused-ring (bicyclic) bond motifs is 2. The molecule has 106 valence electrons. The smallest absolute Gasteiger partial charge is 0.318 e. The van der Waals surface area contributed by atoms with Crippen LogP contribution in [0.1, 0.15) is 0 Å². The molecule has 0 unspecified atom stereocenters. The second-order valence-electron chi connectivity index (χ2n) is 5.17. The average molecular weight is 289 g/mol. The highest BCUT2D eigenvalue weighted by Gasteiger charge is 2.12. The molecule has 5 heteroatoms. The van der Waals surface area contributed by atoms with Gasteiger partial charge in [0.2, 0.25) is 0 Å². The van der Waals surface area contributed by atoms with Gasteiger partial charge in [0, 0.05) is 6.07 Å². The predicted molar refractivity (Wildman–Crippen MR) is 86.8 cm³/mol. The highest BCUT2D eigenvalue weighted by molar-refractivity contribution is 5.88. The summed E-state index contributed by atoms with van der Waals surface area (Å²) in [6.07, 6.45) is 0. The van der Waals surface area contributed by atoms with Crippen LogP contribution >= 0.6 is 0 Å². The van der Waals surface area contributed by atoms with Gasteiger partial charge in [0.1, 0.15) is 5.52 Å². The van der Waals surface area contributed by atoms with Gasteiger partial charge in [-0.25, -0.2) is 4.98 Å². The topological polar surface area (TPSA) is 77.7 Å². The molecule has 0 aliphatic rings. The van der Waals surface area contributed by atoms with Crippen LogP contribution in [0.4, 0.5) is 5.95 Å². The van der Waals surface area contributed by atoms with Crippen molar-refractivity contribution in [1.82, 2.24) is 10.1 Å². The molecule has 1 heterocycles. The lowest BCUT2D eigenvalue weighted by molar-refractivity contribution is -0.534. The van der Waals surface area contributed by atoms with E-state index in [1.165, 1.54) is 5.39 Å². The van der Waals surface area contributed by atoms with Crippen LogP contribution in [0.3, 0.4) is 0 Å². The Morgan fingerprint density at radius 3 is 2.50 bits per heavy atom. The van der Waals surface area contributed by atoms with Crippen molar-refractivity contribution in [2.24, 2.45) is 0 Å². The van der Waals surface area contributed by atoms with Crippen LogP contribution in [0.25, 0.3) is 32.9 Å². The standard InChI is InChI=1S/C17H13N4O/c18-17-19-15-8-7-14(10-16(15)21(22)20-17)13-6-5-11-3-1-2-4-12(11)9-13/h1-10H,(H3,18,19,20,22)/q+1. The minimum absolute atomic E-state index is 0.0981. The number of nitrogen functional groups attached to an aromatic ring is 1. The highest BCUT2D eigenvalue weighted by atomic mass is 16.3. The summed E-state index contributed by atoms with van der Waals surface area (Å²) in [4.78, 5) is 16.1. The average Bonchev–Trinajstić information content (AvgIpc) is 2.54. The van der Waals surface area contributed by atoms with Crippen molar-refractivity contribution in [2.75, 3.05) is 5.73 Å². The number of anilines is 1. The molecule has 22 heavy (non-hydrogen) atoms. The molecule has 1 aromatic heterocycles. The van der Waals surface area contributed by atoms with E-state index in [1.54, 1.807) is 6.07 Å². The molecule has 0 bridgehead atoms. The minimum atomic E-state index is 0.0981. The number of benzene rings is 3. The number of aromatic amines is 1. The number of aromatic nitrogens is 3. The lowest BCUT2D eigenvalue weighted by Gasteiger charge is -2.03. The van der Waals surface area contributed by atoms with Gasteiger partial charge in [0.25, 0.3) is 5.95 Å². The van der Waals surface area contributed by atoms with Crippen molar-refractivity contribution in [3.63, 3.8) is 0 Å². The SMILES string of the molecule is Nc1nc2ccc(-c3ccc4ccccc4c3)cc2[n+](=O)[nH]1. The maximum absolute atomic E-state index is 11.9. The van der Waals surface area contributed by atoms with E-state index in [0.717, 1.165) is 16.5 Å². The summed E-state index contributed by atoms with van der Waals surface area (Å²) >= 11 is 0. The lowest BCUT2D eigenvalue weighted by Crippen LogP contribution is -2.23. The van der Waals surface area contributed by atoms with Crippen molar-refractivity contribution in [1.29, 1.82) is 0 Å². The van der Waals surface area contributed by atoms with Gasteiger partial charge in [0.15, 0.2) is 4.54 Å². The molecular weight excluding hydrogens is 276 g/mol. The van der Waals surface area contributed by atoms with E-state index in [2.05, 4.69) is 34.3 Å². The molecule has 0 saturated heterocycles. The first-order valence-electron chi connectivity index (χ1n) is 6.92. The molecule has 0 aliphatic heterocycles. The summed E-state index contributed by atoms with van der Waals surface area (Å²) in [5, 5.41) is 4.80. The van der Waals surface area contributed by atoms with Crippen LogP contribution < -0.4 is 10.3 Å². The Morgan fingerprint density at radius 1 is 0.909 bits per heavy atom. The van der Waals surface area contributed by atoms with Crippen molar-refractivity contribution in [3.05, 3.63) is 65.6 Å². The second kappa shape index (κ2) is 4.66. The zero-order chi connectivity index (χ0) is 15.1. The van der Waals surface area contributed by atoms with E-state index in [9.17, 15) is 4.91 Å². The monoisotopic (exact) mass is 289 g/mol. The Morgan fingerprint density at radius 2 is 1.64 bits per heavy atom. The Bertz CT molecular complexity index is 1070. The van der Waals surface area contributed by atoms with Crippen molar-refractivity contribution < 1.29 is 4.54 Å². The third kappa shape index (κ3) is 2.00. The number of nitrogens with two attached hydrogens (primary N) is 1. The van der Waals surface area contributed by atoms with E-state index in [-0.39, 0.29) is 5.95 Å². The van der Waals surface area contributed by atoms with Crippen LogP contribution in [0.15, 0.2) is 60.7 Å². The van der Waals surface area contributed by atoms with Crippen molar-refractivity contribution in [3.8, 4) is 11.1 Å². The van der Waals surface area contributed by atoms with E-state index >= 15 is 0 Å². The van der Waals surface area contributed by atoms with Crippen LogP contribution in [0.2, 0.25) is 0 Å². The molecule has 0 aliphatic carbocycles. The molecule has 0 atom stereocenters. The first kappa shape index (κ1) is 12.5. The molecule has 0 saturated carbocycles. The number of rotatable bonds is 1. The third-order valence-corrected chi connectivity index (χ3v) is 3.73. The Hall–Kier alpha value is -3.21. The second-order valence-corrected chi connectivity index (χ2v) is 5.17. The summed E-state index contributed by atoms with van der Waals surface area (Å²) in [7, 11) is 0. The molecule has 3 aromatic carbocycles. The molecule has 0 radical (unpaired) electrons. The molecule has 0 spiro atoms. The molecule has 4 aromatic rings. The quantitative estimate of drug-likeness (QED) is 0.529. The Labute approximate surface area is 125 Å². The normalized spacial score (nSPS) is 11.1. The largest absolute Gasteiger partial charge is 0.365 e. The van der Waals surface area contributed by atoms with Gasteiger partial charge in [-0.2, -0.15) is 0 Å². The molecule has 0 fully saturated rings. The van der Waals surface area contributed by atoms with E-state index < -0.39 is 0 Å². The number of hydrogen-bond acceptors (Lipinski definition) is 3. The number of nitrogens with zero attached hydrogens (tertiary/aromatic N) is 2. The highest BCUT2D eigenvalue weighted by Crippen LogP contribution is 2.26. The lowest BCUT2D eigenvalue weighted by atomic mass is 10.0. The van der Waals surface area contributed by atoms with Crippen LogP contribution in [0.5, 0.6) is 0 Å². The van der Waals surface area contributed by atoms with Crippen LogP contribution in [-0.2, 0) is 0 Å². The van der Waals surface area contributed by atoms with Gasteiger partial charge in [0.05, 0.1) is 4.91 Å². The van der Waals surface area contributed by atoms with Crippen LogP contribution in [-0.4, -0.2) is 10.1 Å². The minimum Gasteiger partial charge on any atom is -0.365 e. The van der Waals surface area contributed by atoms with Gasteiger partial charge < -0.3 is 5.73 Å². The Kier molecular flexibility index (Phi) is 2.66. The summed E-state index contributed by atoms with van der Waals surface area (Å²) in [6.45, 7) is 0. The van der Waals surface area contributed by atoms with E-state index in [1.807, 2.05) is 30.3 Å².